The summed E-state index contributed by atoms with van der Waals surface area (Å²) in [6.45, 7) is 0. The first kappa shape index (κ1) is 16.9. The van der Waals surface area contributed by atoms with E-state index in [1.54, 1.807) is 30.3 Å². The zero-order valence-electron chi connectivity index (χ0n) is 11.5. The second-order valence-electron chi connectivity index (χ2n) is 4.58. The van der Waals surface area contributed by atoms with Gasteiger partial charge in [0, 0.05) is 26.4 Å². The summed E-state index contributed by atoms with van der Waals surface area (Å²) in [7, 11) is 0. The van der Waals surface area contributed by atoms with Gasteiger partial charge in [0.05, 0.1) is 5.02 Å². The molecule has 1 aromatic heterocycles. The molecule has 3 rings (SSSR count). The Labute approximate surface area is 157 Å². The lowest BCUT2D eigenvalue weighted by atomic mass is 10.2. The minimum Gasteiger partial charge on any atom is -0.258 e. The van der Waals surface area contributed by atoms with Gasteiger partial charge < -0.3 is 0 Å². The third-order valence-corrected chi connectivity index (χ3v) is 5.19. The molecule has 3 aromatic rings. The average molecular weight is 405 g/mol. The summed E-state index contributed by atoms with van der Waals surface area (Å²) in [4.78, 5) is 4.43. The summed E-state index contributed by atoms with van der Waals surface area (Å²) in [5, 5.41) is 9.97. The van der Waals surface area contributed by atoms with Crippen LogP contribution in [0.15, 0.2) is 41.6 Å². The van der Waals surface area contributed by atoms with Gasteiger partial charge >= 0.3 is 0 Å². The van der Waals surface area contributed by atoms with Crippen molar-refractivity contribution in [1.29, 1.82) is 0 Å². The molecule has 1 N–H and O–H groups in total. The summed E-state index contributed by atoms with van der Waals surface area (Å²) < 4.78 is 0. The van der Waals surface area contributed by atoms with Crippen molar-refractivity contribution in [2.45, 2.75) is 10.9 Å². The van der Waals surface area contributed by atoms with Crippen molar-refractivity contribution < 1.29 is 0 Å². The van der Waals surface area contributed by atoms with Crippen molar-refractivity contribution in [2.75, 3.05) is 0 Å². The zero-order chi connectivity index (χ0) is 16.4. The van der Waals surface area contributed by atoms with Crippen LogP contribution in [0, 0.1) is 0 Å². The highest BCUT2D eigenvalue weighted by Gasteiger charge is 2.12. The molecule has 0 radical (unpaired) electrons. The summed E-state index contributed by atoms with van der Waals surface area (Å²) in [6, 6.07) is 10.6. The second kappa shape index (κ2) is 7.32. The van der Waals surface area contributed by atoms with Crippen LogP contribution in [0.5, 0.6) is 0 Å². The van der Waals surface area contributed by atoms with Gasteiger partial charge in [0.2, 0.25) is 5.16 Å². The van der Waals surface area contributed by atoms with Gasteiger partial charge in [-0.1, -0.05) is 64.2 Å². The summed E-state index contributed by atoms with van der Waals surface area (Å²) >= 11 is 25.8. The second-order valence-corrected chi connectivity index (χ2v) is 7.18. The Balaban J connectivity index is 1.77. The van der Waals surface area contributed by atoms with Crippen molar-refractivity contribution >= 4 is 58.2 Å². The van der Waals surface area contributed by atoms with Gasteiger partial charge in [0.15, 0.2) is 5.82 Å². The van der Waals surface area contributed by atoms with Gasteiger partial charge in [-0.05, 0) is 35.9 Å². The van der Waals surface area contributed by atoms with Crippen LogP contribution in [0.25, 0.3) is 11.4 Å². The number of benzene rings is 2. The number of nitrogens with zero attached hydrogens (tertiary/aromatic N) is 2. The van der Waals surface area contributed by atoms with Crippen LogP contribution < -0.4 is 0 Å². The van der Waals surface area contributed by atoms with Crippen LogP contribution in [0.1, 0.15) is 5.56 Å². The van der Waals surface area contributed by atoms with E-state index >= 15 is 0 Å². The highest BCUT2D eigenvalue weighted by atomic mass is 35.5. The summed E-state index contributed by atoms with van der Waals surface area (Å²) in [5.74, 6) is 1.16. The molecule has 0 atom stereocenters. The number of rotatable bonds is 4. The molecule has 0 aliphatic carbocycles. The standard InChI is InChI=1S/C15H9Cl4N3S/c16-8-4-5-9(13(19)6-8)14-20-15(22-21-14)23-7-10-11(17)2-1-3-12(10)18/h1-6H,7H2,(H,20,21,22). The van der Waals surface area contributed by atoms with Gasteiger partial charge in [-0.2, -0.15) is 0 Å². The van der Waals surface area contributed by atoms with E-state index in [0.717, 1.165) is 11.1 Å². The topological polar surface area (TPSA) is 41.6 Å². The average Bonchev–Trinajstić information content (AvgIpc) is 2.95. The Hall–Kier alpha value is -0.910. The molecule has 0 amide bonds. The van der Waals surface area contributed by atoms with Crippen LogP contribution >= 0.6 is 58.2 Å². The van der Waals surface area contributed by atoms with Crippen LogP contribution in [-0.4, -0.2) is 15.2 Å². The fraction of sp³-hybridized carbons (Fsp3) is 0.0667. The molecule has 23 heavy (non-hydrogen) atoms. The fourth-order valence-electron chi connectivity index (χ4n) is 1.92. The number of H-pyrrole nitrogens is 1. The Morgan fingerprint density at radius 1 is 0.957 bits per heavy atom. The first-order valence-electron chi connectivity index (χ1n) is 6.48. The van der Waals surface area contributed by atoms with Crippen molar-refractivity contribution in [2.24, 2.45) is 0 Å². The first-order valence-corrected chi connectivity index (χ1v) is 8.98. The molecule has 0 spiro atoms. The van der Waals surface area contributed by atoms with Crippen LogP contribution in [0.3, 0.4) is 0 Å². The summed E-state index contributed by atoms with van der Waals surface area (Å²) in [5.41, 5.74) is 1.60. The molecule has 0 fully saturated rings. The molecular formula is C15H9Cl4N3S. The monoisotopic (exact) mass is 403 g/mol. The molecule has 0 saturated heterocycles. The third-order valence-electron chi connectivity index (χ3n) is 3.06. The third kappa shape index (κ3) is 3.95. The number of aromatic amines is 1. The highest BCUT2D eigenvalue weighted by molar-refractivity contribution is 7.98. The number of halogens is 4. The lowest BCUT2D eigenvalue weighted by molar-refractivity contribution is 0.973. The fourth-order valence-corrected chi connectivity index (χ4v) is 3.96. The predicted octanol–water partition coefficient (Wildman–Crippen LogP) is 6.38. The molecule has 0 unspecified atom stereocenters. The Morgan fingerprint density at radius 3 is 2.39 bits per heavy atom. The van der Waals surface area contributed by atoms with Gasteiger partial charge in [-0.3, -0.25) is 5.10 Å². The molecule has 2 aromatic carbocycles. The molecule has 3 nitrogen and oxygen atoms in total. The number of nitrogens with one attached hydrogen (secondary N) is 1. The van der Waals surface area contributed by atoms with Crippen LogP contribution in [-0.2, 0) is 5.75 Å². The molecule has 8 heteroatoms. The molecule has 0 saturated carbocycles. The van der Waals surface area contributed by atoms with Gasteiger partial charge in [-0.15, -0.1) is 5.10 Å². The SMILES string of the molecule is Clc1ccc(-c2nc(SCc3c(Cl)cccc3Cl)n[nH]2)c(Cl)c1. The van der Waals surface area contributed by atoms with E-state index in [-0.39, 0.29) is 0 Å². The highest BCUT2D eigenvalue weighted by Crippen LogP contribution is 2.32. The number of hydrogen-bond acceptors (Lipinski definition) is 3. The predicted molar refractivity (Wildman–Crippen MR) is 97.9 cm³/mol. The smallest absolute Gasteiger partial charge is 0.209 e. The molecule has 0 aliphatic heterocycles. The van der Waals surface area contributed by atoms with E-state index in [2.05, 4.69) is 15.2 Å². The van der Waals surface area contributed by atoms with Crippen molar-refractivity contribution in [3.8, 4) is 11.4 Å². The quantitative estimate of drug-likeness (QED) is 0.513. The Morgan fingerprint density at radius 2 is 1.70 bits per heavy atom. The molecule has 0 aliphatic rings. The lowest BCUT2D eigenvalue weighted by Crippen LogP contribution is -1.86. The van der Waals surface area contributed by atoms with Crippen LogP contribution in [0.2, 0.25) is 20.1 Å². The largest absolute Gasteiger partial charge is 0.258 e. The van der Waals surface area contributed by atoms with Gasteiger partial charge in [-0.25, -0.2) is 4.98 Å². The van der Waals surface area contributed by atoms with Crippen molar-refractivity contribution in [1.82, 2.24) is 15.2 Å². The molecule has 118 valence electrons. The van der Waals surface area contributed by atoms with Crippen LogP contribution in [0.4, 0.5) is 0 Å². The van der Waals surface area contributed by atoms with E-state index in [1.165, 1.54) is 11.8 Å². The van der Waals surface area contributed by atoms with E-state index < -0.39 is 0 Å². The normalized spacial score (nSPS) is 11.0. The molecule has 1 heterocycles. The summed E-state index contributed by atoms with van der Waals surface area (Å²) in [6.07, 6.45) is 0. The maximum Gasteiger partial charge on any atom is 0.209 e. The molecular weight excluding hydrogens is 396 g/mol. The Kier molecular flexibility index (Phi) is 5.39. The Bertz CT molecular complexity index is 830. The van der Waals surface area contributed by atoms with Crippen molar-refractivity contribution in [3.05, 3.63) is 62.1 Å². The van der Waals surface area contributed by atoms with Gasteiger partial charge in [0.1, 0.15) is 0 Å². The lowest BCUT2D eigenvalue weighted by Gasteiger charge is -2.04. The van der Waals surface area contributed by atoms with E-state index in [4.69, 9.17) is 46.4 Å². The minimum absolute atomic E-state index is 0.513. The van der Waals surface area contributed by atoms with Gasteiger partial charge in [0.25, 0.3) is 0 Å². The number of thioether (sulfide) groups is 1. The van der Waals surface area contributed by atoms with E-state index in [0.29, 0.717) is 36.8 Å². The maximum absolute atomic E-state index is 6.17. The maximum atomic E-state index is 6.17. The molecule has 0 bridgehead atoms. The number of aromatic nitrogens is 3. The minimum atomic E-state index is 0.513. The van der Waals surface area contributed by atoms with Crippen molar-refractivity contribution in [3.63, 3.8) is 0 Å². The zero-order valence-corrected chi connectivity index (χ0v) is 15.3. The number of hydrogen-bond donors (Lipinski definition) is 1. The van der Waals surface area contributed by atoms with E-state index in [1.807, 2.05) is 6.07 Å². The first-order chi connectivity index (χ1) is 11.0. The van der Waals surface area contributed by atoms with E-state index in [9.17, 15) is 0 Å².